The molecule has 1 aliphatic rings. The molecule has 2 atom stereocenters. The zero-order valence-corrected chi connectivity index (χ0v) is 16.1. The van der Waals surface area contributed by atoms with Crippen LogP contribution in [0.5, 0.6) is 23.0 Å². The molecule has 152 valence electrons. The van der Waals surface area contributed by atoms with Crippen LogP contribution >= 0.6 is 0 Å². The van der Waals surface area contributed by atoms with Crippen LogP contribution in [0.1, 0.15) is 43.9 Å². The molecule has 0 radical (unpaired) electrons. The van der Waals surface area contributed by atoms with Crippen molar-refractivity contribution in [1.82, 2.24) is 0 Å². The molecule has 1 aliphatic heterocycles. The number of aliphatic hydroxyl groups excluding tert-OH is 1. The first-order valence-electron chi connectivity index (χ1n) is 8.89. The second kappa shape index (κ2) is 8.32. The highest BCUT2D eigenvalue weighted by atomic mass is 16.6. The maximum Gasteiger partial charge on any atom is 0.308 e. The Balaban J connectivity index is 1.93. The van der Waals surface area contributed by atoms with Gasteiger partial charge in [0.25, 0.3) is 0 Å². The fourth-order valence-electron chi connectivity index (χ4n) is 3.13. The minimum atomic E-state index is -0.959. The van der Waals surface area contributed by atoms with Crippen molar-refractivity contribution < 1.29 is 38.4 Å². The van der Waals surface area contributed by atoms with Gasteiger partial charge in [-0.15, -0.1) is 0 Å². The van der Waals surface area contributed by atoms with E-state index in [1.807, 2.05) is 0 Å². The summed E-state index contributed by atoms with van der Waals surface area (Å²) in [7, 11) is 0. The van der Waals surface area contributed by atoms with Crippen LogP contribution in [0.15, 0.2) is 36.4 Å². The highest BCUT2D eigenvalue weighted by Gasteiger charge is 2.34. The molecular formula is C21H20O8. The molecule has 2 aromatic carbocycles. The van der Waals surface area contributed by atoms with E-state index in [1.165, 1.54) is 26.8 Å². The molecule has 1 N–H and O–H groups in total. The van der Waals surface area contributed by atoms with Gasteiger partial charge in [0.05, 0.1) is 12.7 Å². The normalized spacial score (nSPS) is 17.5. The Hall–Kier alpha value is -3.39. The molecular weight excluding hydrogens is 380 g/mol. The Bertz CT molecular complexity index is 948. The van der Waals surface area contributed by atoms with Crippen molar-refractivity contribution in [3.63, 3.8) is 0 Å². The standard InChI is InChI=1S/C21H20O8/c1-11(22)27-15-6-4-14(5-7-15)17-10-26-20-16(19(17)25)8-9-18(28-12(2)23)21(20)29-13(3)24/h4-9,17,19,25H,10H2,1-3H3/t17?,19-/m1/s1. The number of ether oxygens (including phenoxy) is 4. The van der Waals surface area contributed by atoms with Gasteiger partial charge >= 0.3 is 17.9 Å². The Labute approximate surface area is 167 Å². The summed E-state index contributed by atoms with van der Waals surface area (Å²) in [6.45, 7) is 3.85. The molecule has 2 aromatic rings. The Morgan fingerprint density at radius 1 is 0.897 bits per heavy atom. The first-order chi connectivity index (χ1) is 13.8. The van der Waals surface area contributed by atoms with Crippen LogP contribution in [0.3, 0.4) is 0 Å². The smallest absolute Gasteiger partial charge is 0.308 e. The first-order valence-corrected chi connectivity index (χ1v) is 8.89. The van der Waals surface area contributed by atoms with Crippen LogP contribution in [0.2, 0.25) is 0 Å². The number of carbonyl (C=O) groups is 3. The van der Waals surface area contributed by atoms with E-state index in [0.717, 1.165) is 5.56 Å². The van der Waals surface area contributed by atoms with Crippen molar-refractivity contribution in [3.8, 4) is 23.0 Å². The SMILES string of the molecule is CC(=O)Oc1ccc(C2COc3c(ccc(OC(C)=O)c3OC(C)=O)[C@H]2O)cc1. The van der Waals surface area contributed by atoms with Gasteiger partial charge in [0.15, 0.2) is 11.5 Å². The Morgan fingerprint density at radius 3 is 2.10 bits per heavy atom. The van der Waals surface area contributed by atoms with Crippen LogP contribution in [0.4, 0.5) is 0 Å². The lowest BCUT2D eigenvalue weighted by molar-refractivity contribution is -0.134. The third-order valence-corrected chi connectivity index (χ3v) is 4.28. The maximum absolute atomic E-state index is 11.5. The molecule has 0 fully saturated rings. The van der Waals surface area contributed by atoms with Crippen molar-refractivity contribution in [1.29, 1.82) is 0 Å². The van der Waals surface area contributed by atoms with Gasteiger partial charge in [0.1, 0.15) is 5.75 Å². The second-order valence-electron chi connectivity index (χ2n) is 6.52. The summed E-state index contributed by atoms with van der Waals surface area (Å²) in [5.74, 6) is -1.49. The van der Waals surface area contributed by atoms with Crippen LogP contribution in [0, 0.1) is 0 Å². The fourth-order valence-corrected chi connectivity index (χ4v) is 3.13. The molecule has 0 spiro atoms. The molecule has 29 heavy (non-hydrogen) atoms. The number of hydrogen-bond donors (Lipinski definition) is 1. The Morgan fingerprint density at radius 2 is 1.52 bits per heavy atom. The van der Waals surface area contributed by atoms with E-state index in [0.29, 0.717) is 11.3 Å². The van der Waals surface area contributed by atoms with Crippen molar-refractivity contribution in [2.45, 2.75) is 32.8 Å². The highest BCUT2D eigenvalue weighted by Crippen LogP contribution is 2.49. The summed E-state index contributed by atoms with van der Waals surface area (Å²) < 4.78 is 21.1. The fraction of sp³-hybridized carbons (Fsp3) is 0.286. The van der Waals surface area contributed by atoms with Crippen molar-refractivity contribution in [3.05, 3.63) is 47.5 Å². The van der Waals surface area contributed by atoms with Crippen LogP contribution in [-0.2, 0) is 14.4 Å². The zero-order chi connectivity index (χ0) is 21.1. The number of fused-ring (bicyclic) bond motifs is 1. The van der Waals surface area contributed by atoms with Gasteiger partial charge in [0, 0.05) is 32.3 Å². The number of benzene rings is 2. The summed E-state index contributed by atoms with van der Waals surface area (Å²) in [6, 6.07) is 9.74. The Kier molecular flexibility index (Phi) is 5.84. The van der Waals surface area contributed by atoms with Crippen LogP contribution in [0.25, 0.3) is 0 Å². The molecule has 0 aromatic heterocycles. The van der Waals surface area contributed by atoms with Gasteiger partial charge in [-0.25, -0.2) is 0 Å². The average molecular weight is 400 g/mol. The van der Waals surface area contributed by atoms with Gasteiger partial charge in [-0.3, -0.25) is 14.4 Å². The van der Waals surface area contributed by atoms with Crippen molar-refractivity contribution in [2.24, 2.45) is 0 Å². The zero-order valence-electron chi connectivity index (χ0n) is 16.1. The molecule has 8 heteroatoms. The monoisotopic (exact) mass is 400 g/mol. The molecule has 0 aliphatic carbocycles. The largest absolute Gasteiger partial charge is 0.488 e. The van der Waals surface area contributed by atoms with E-state index in [1.54, 1.807) is 30.3 Å². The molecule has 1 unspecified atom stereocenters. The second-order valence-corrected chi connectivity index (χ2v) is 6.52. The number of rotatable bonds is 4. The minimum absolute atomic E-state index is 0.0304. The first kappa shape index (κ1) is 20.3. The maximum atomic E-state index is 11.5. The summed E-state index contributed by atoms with van der Waals surface area (Å²) in [6.07, 6.45) is -0.959. The van der Waals surface area contributed by atoms with E-state index in [9.17, 15) is 19.5 Å². The molecule has 3 rings (SSSR count). The van der Waals surface area contributed by atoms with E-state index < -0.39 is 29.9 Å². The lowest BCUT2D eigenvalue weighted by Crippen LogP contribution is -2.25. The molecule has 8 nitrogen and oxygen atoms in total. The summed E-state index contributed by atoms with van der Waals surface area (Å²) in [5, 5.41) is 10.9. The lowest BCUT2D eigenvalue weighted by Gasteiger charge is -2.32. The van der Waals surface area contributed by atoms with E-state index in [2.05, 4.69) is 0 Å². The van der Waals surface area contributed by atoms with Gasteiger partial charge in [0.2, 0.25) is 5.75 Å². The quantitative estimate of drug-likeness (QED) is 0.616. The molecule has 0 saturated carbocycles. The molecule has 0 amide bonds. The molecule has 1 heterocycles. The van der Waals surface area contributed by atoms with Gasteiger partial charge in [-0.1, -0.05) is 12.1 Å². The average Bonchev–Trinajstić information content (AvgIpc) is 2.63. The summed E-state index contributed by atoms with van der Waals surface area (Å²) >= 11 is 0. The van der Waals surface area contributed by atoms with Crippen molar-refractivity contribution in [2.75, 3.05) is 6.61 Å². The molecule has 0 bridgehead atoms. The topological polar surface area (TPSA) is 108 Å². The predicted octanol–water partition coefficient (Wildman–Crippen LogP) is 2.67. The summed E-state index contributed by atoms with van der Waals surface area (Å²) in [5.41, 5.74) is 1.18. The minimum Gasteiger partial charge on any atom is -0.488 e. The number of aliphatic hydroxyl groups is 1. The predicted molar refractivity (Wildman–Crippen MR) is 100 cm³/mol. The third-order valence-electron chi connectivity index (χ3n) is 4.28. The van der Waals surface area contributed by atoms with Gasteiger partial charge in [-0.2, -0.15) is 0 Å². The third kappa shape index (κ3) is 4.55. The van der Waals surface area contributed by atoms with Crippen LogP contribution in [-0.4, -0.2) is 29.6 Å². The highest BCUT2D eigenvalue weighted by molar-refractivity contribution is 5.76. The number of carbonyl (C=O) groups excluding carboxylic acids is 3. The number of hydrogen-bond acceptors (Lipinski definition) is 8. The summed E-state index contributed by atoms with van der Waals surface area (Å²) in [4.78, 5) is 33.9. The van der Waals surface area contributed by atoms with E-state index in [4.69, 9.17) is 18.9 Å². The lowest BCUT2D eigenvalue weighted by atomic mass is 9.87. The van der Waals surface area contributed by atoms with Gasteiger partial charge < -0.3 is 24.1 Å². The molecule has 0 saturated heterocycles. The van der Waals surface area contributed by atoms with Crippen molar-refractivity contribution >= 4 is 17.9 Å². The number of esters is 3. The van der Waals surface area contributed by atoms with Gasteiger partial charge in [-0.05, 0) is 29.8 Å². The van der Waals surface area contributed by atoms with E-state index in [-0.39, 0.29) is 23.9 Å². The van der Waals surface area contributed by atoms with Crippen LogP contribution < -0.4 is 18.9 Å². The van der Waals surface area contributed by atoms with E-state index >= 15 is 0 Å².